The van der Waals surface area contributed by atoms with Crippen LogP contribution in [0.4, 0.5) is 0 Å². The summed E-state index contributed by atoms with van der Waals surface area (Å²) in [7, 11) is 0. The molecule has 0 N–H and O–H groups in total. The van der Waals surface area contributed by atoms with Gasteiger partial charge in [-0.3, -0.25) is 0 Å². The molecule has 2 aliphatic carbocycles. The fourth-order valence-electron chi connectivity index (χ4n) is 7.63. The van der Waals surface area contributed by atoms with Crippen LogP contribution in [0.3, 0.4) is 0 Å². The van der Waals surface area contributed by atoms with Gasteiger partial charge >= 0.3 is 0 Å². The van der Waals surface area contributed by atoms with E-state index in [2.05, 4.69) is 179 Å². The van der Waals surface area contributed by atoms with Crippen LogP contribution in [0.5, 0.6) is 23.0 Å². The highest BCUT2D eigenvalue weighted by Gasteiger charge is 2.47. The van der Waals surface area contributed by atoms with Gasteiger partial charge in [0.25, 0.3) is 0 Å². The number of allylic oxidation sites excluding steroid dienone is 4. The van der Waals surface area contributed by atoms with E-state index >= 15 is 0 Å². The molecular weight excluding hydrogens is 609 g/mol. The summed E-state index contributed by atoms with van der Waals surface area (Å²) in [4.78, 5) is 0. The van der Waals surface area contributed by atoms with E-state index in [1.165, 1.54) is 44.5 Å². The second-order valence-electron chi connectivity index (χ2n) is 13.8. The first-order chi connectivity index (χ1) is 24.0. The van der Waals surface area contributed by atoms with Crippen molar-refractivity contribution >= 4 is 0 Å². The van der Waals surface area contributed by atoms with Crippen molar-refractivity contribution in [2.45, 2.75) is 46.0 Å². The molecule has 1 heterocycles. The van der Waals surface area contributed by atoms with Gasteiger partial charge in [0, 0.05) is 11.5 Å². The second-order valence-corrected chi connectivity index (χ2v) is 13.8. The average molecular weight is 653 g/mol. The van der Waals surface area contributed by atoms with E-state index in [-0.39, 0.29) is 12.8 Å². The third kappa shape index (κ3) is 6.18. The Labute approximate surface area is 297 Å². The van der Waals surface area contributed by atoms with Crippen LogP contribution in [0.15, 0.2) is 164 Å². The largest absolute Gasteiger partial charge is 0.449 e. The lowest BCUT2D eigenvalue weighted by Gasteiger charge is -2.29. The molecule has 1 aliphatic heterocycles. The molecule has 0 amide bonds. The summed E-state index contributed by atoms with van der Waals surface area (Å²) >= 11 is 0. The van der Waals surface area contributed by atoms with E-state index in [9.17, 15) is 0 Å². The zero-order chi connectivity index (χ0) is 33.4. The smallest absolute Gasteiger partial charge is 0.174 e. The first kappa shape index (κ1) is 32.9. The standard InChI is InChI=1S/C34H28O2.C13H12.CH4/c1-34(2)27-15-9-8-14-26(27)32-28(34)17-19-30-33(32)36-29-18-16-24(21-31(29)35-30)25-13-7-6-12-23(25)20-22-10-4-3-5-11-22;1-11-7-9-13(10-8-11)12-5-3-2-4-6-12;/h3-19,21,26-27H,20H2,1-2H3;2-10H,1H3;1H4. The normalized spacial score (nSPS) is 16.9. The zero-order valence-electron chi connectivity index (χ0n) is 28.3. The first-order valence-corrected chi connectivity index (χ1v) is 17.2. The van der Waals surface area contributed by atoms with E-state index in [4.69, 9.17) is 9.47 Å². The minimum atomic E-state index is 0. The van der Waals surface area contributed by atoms with Crippen molar-refractivity contribution in [3.05, 3.63) is 192 Å². The van der Waals surface area contributed by atoms with E-state index in [0.29, 0.717) is 11.8 Å². The van der Waals surface area contributed by atoms with Crippen LogP contribution in [0, 0.1) is 12.8 Å². The Kier molecular flexibility index (Phi) is 9.04. The van der Waals surface area contributed by atoms with Gasteiger partial charge < -0.3 is 9.47 Å². The highest BCUT2D eigenvalue weighted by molar-refractivity contribution is 5.73. The lowest BCUT2D eigenvalue weighted by Crippen LogP contribution is -2.24. The fraction of sp³-hybridized carbons (Fsp3) is 0.167. The van der Waals surface area contributed by atoms with Gasteiger partial charge in [-0.05, 0) is 81.8 Å². The quantitative estimate of drug-likeness (QED) is 0.188. The van der Waals surface area contributed by atoms with Crippen LogP contribution in [0.1, 0.15) is 55.0 Å². The first-order valence-electron chi connectivity index (χ1n) is 17.2. The van der Waals surface area contributed by atoms with Gasteiger partial charge in [0.1, 0.15) is 0 Å². The Hall–Kier alpha value is -5.60. The molecule has 0 radical (unpaired) electrons. The summed E-state index contributed by atoms with van der Waals surface area (Å²) in [5.41, 5.74) is 11.5. The van der Waals surface area contributed by atoms with Crippen molar-refractivity contribution in [2.75, 3.05) is 0 Å². The number of hydrogen-bond acceptors (Lipinski definition) is 2. The zero-order valence-corrected chi connectivity index (χ0v) is 28.3. The highest BCUT2D eigenvalue weighted by Crippen LogP contribution is 2.60. The van der Waals surface area contributed by atoms with Crippen LogP contribution in [0.2, 0.25) is 0 Å². The summed E-state index contributed by atoms with van der Waals surface area (Å²) < 4.78 is 13.1. The van der Waals surface area contributed by atoms with Gasteiger partial charge in [0.05, 0.1) is 0 Å². The molecule has 2 heteroatoms. The van der Waals surface area contributed by atoms with Crippen molar-refractivity contribution in [1.29, 1.82) is 0 Å². The molecule has 2 unspecified atom stereocenters. The molecule has 0 aromatic heterocycles. The number of ether oxygens (including phenoxy) is 2. The van der Waals surface area contributed by atoms with E-state index in [1.54, 1.807) is 0 Å². The molecule has 0 saturated carbocycles. The van der Waals surface area contributed by atoms with Crippen LogP contribution < -0.4 is 9.47 Å². The Balaban J connectivity index is 0.000000236. The van der Waals surface area contributed by atoms with Crippen LogP contribution >= 0.6 is 0 Å². The van der Waals surface area contributed by atoms with E-state index < -0.39 is 0 Å². The molecule has 0 saturated heterocycles. The van der Waals surface area contributed by atoms with Crippen LogP contribution in [-0.2, 0) is 11.8 Å². The Morgan fingerprint density at radius 2 is 1.22 bits per heavy atom. The van der Waals surface area contributed by atoms with Gasteiger partial charge in [-0.15, -0.1) is 0 Å². The van der Waals surface area contributed by atoms with Crippen molar-refractivity contribution in [2.24, 2.45) is 5.92 Å². The lowest BCUT2D eigenvalue weighted by molar-refractivity contribution is 0.354. The molecule has 0 spiro atoms. The minimum absolute atomic E-state index is 0. The maximum atomic E-state index is 6.60. The molecule has 0 bridgehead atoms. The molecule has 9 rings (SSSR count). The fourth-order valence-corrected chi connectivity index (χ4v) is 7.63. The molecular formula is C48H44O2. The van der Waals surface area contributed by atoms with Gasteiger partial charge in [0.15, 0.2) is 23.0 Å². The van der Waals surface area contributed by atoms with E-state index in [1.807, 2.05) is 6.07 Å². The Morgan fingerprint density at radius 3 is 2.00 bits per heavy atom. The molecule has 2 nitrogen and oxygen atoms in total. The number of rotatable bonds is 4. The number of aryl methyl sites for hydroxylation is 1. The van der Waals surface area contributed by atoms with Gasteiger partial charge in [-0.25, -0.2) is 0 Å². The molecule has 248 valence electrons. The minimum Gasteiger partial charge on any atom is -0.449 e. The summed E-state index contributed by atoms with van der Waals surface area (Å²) in [6.45, 7) is 6.78. The van der Waals surface area contributed by atoms with Crippen LogP contribution in [-0.4, -0.2) is 0 Å². The van der Waals surface area contributed by atoms with Gasteiger partial charge in [-0.2, -0.15) is 0 Å². The molecule has 50 heavy (non-hydrogen) atoms. The summed E-state index contributed by atoms with van der Waals surface area (Å²) in [5.74, 6) is 3.95. The van der Waals surface area contributed by atoms with Crippen molar-refractivity contribution in [1.82, 2.24) is 0 Å². The molecule has 6 aromatic carbocycles. The Morgan fingerprint density at radius 1 is 0.580 bits per heavy atom. The third-order valence-corrected chi connectivity index (χ3v) is 10.3. The summed E-state index contributed by atoms with van der Waals surface area (Å²) in [6, 6.07) is 48.9. The van der Waals surface area contributed by atoms with Crippen molar-refractivity contribution < 1.29 is 9.47 Å². The monoisotopic (exact) mass is 652 g/mol. The molecule has 2 atom stereocenters. The van der Waals surface area contributed by atoms with Crippen molar-refractivity contribution in [3.8, 4) is 45.3 Å². The van der Waals surface area contributed by atoms with Crippen molar-refractivity contribution in [3.63, 3.8) is 0 Å². The topological polar surface area (TPSA) is 18.5 Å². The molecule has 0 fully saturated rings. The molecule has 3 aliphatic rings. The number of benzene rings is 6. The predicted octanol–water partition coefficient (Wildman–Crippen LogP) is 13.3. The Bertz CT molecular complexity index is 2170. The predicted molar refractivity (Wildman–Crippen MR) is 209 cm³/mol. The maximum absolute atomic E-state index is 6.60. The highest BCUT2D eigenvalue weighted by atomic mass is 16.6. The van der Waals surface area contributed by atoms with Crippen LogP contribution in [0.25, 0.3) is 22.3 Å². The molecule has 6 aromatic rings. The summed E-state index contributed by atoms with van der Waals surface area (Å²) in [6.07, 6.45) is 9.87. The second kappa shape index (κ2) is 13.7. The number of fused-ring (bicyclic) bond motifs is 6. The summed E-state index contributed by atoms with van der Waals surface area (Å²) in [5, 5.41) is 0. The van der Waals surface area contributed by atoms with E-state index in [0.717, 1.165) is 35.0 Å². The SMILES string of the molecule is C.CC1(C)c2ccc3c(c2C2C=CC=CC21)Oc1ccc(-c2ccccc2Cc2ccccc2)cc1O3.Cc1ccc(-c2ccccc2)cc1. The lowest BCUT2D eigenvalue weighted by atomic mass is 9.74. The van der Waals surface area contributed by atoms with Gasteiger partial charge in [0.2, 0.25) is 0 Å². The third-order valence-electron chi connectivity index (χ3n) is 10.3. The maximum Gasteiger partial charge on any atom is 0.174 e. The average Bonchev–Trinajstić information content (AvgIpc) is 3.38. The van der Waals surface area contributed by atoms with Gasteiger partial charge in [-0.1, -0.05) is 172 Å². The number of hydrogen-bond donors (Lipinski definition) is 0.